The number of anilines is 2. The molecule has 0 amide bonds. The van der Waals surface area contributed by atoms with Crippen molar-refractivity contribution in [2.75, 3.05) is 17.0 Å². The van der Waals surface area contributed by atoms with Crippen molar-refractivity contribution in [3.8, 4) is 0 Å². The van der Waals surface area contributed by atoms with E-state index >= 15 is 0 Å². The number of carbonyl (C=O) groups excluding carboxylic acids is 1. The summed E-state index contributed by atoms with van der Waals surface area (Å²) >= 11 is 19.7. The maximum atomic E-state index is 14.0. The summed E-state index contributed by atoms with van der Waals surface area (Å²) in [5.74, 6) is -0.239. The summed E-state index contributed by atoms with van der Waals surface area (Å²) in [6, 6.07) is 24.1. The highest BCUT2D eigenvalue weighted by Gasteiger charge is 2.39. The Morgan fingerprint density at radius 3 is 2.08 bits per heavy atom. The third-order valence-corrected chi connectivity index (χ3v) is 6.96. The van der Waals surface area contributed by atoms with Gasteiger partial charge in [0.25, 0.3) is 0 Å². The molecule has 192 valence electrons. The van der Waals surface area contributed by atoms with E-state index in [1.165, 1.54) is 19.2 Å². The van der Waals surface area contributed by atoms with Crippen LogP contribution in [0.2, 0.25) is 15.1 Å². The minimum absolute atomic E-state index is 0.359. The summed E-state index contributed by atoms with van der Waals surface area (Å²) in [6.45, 7) is 1.90. The van der Waals surface area contributed by atoms with E-state index in [0.717, 1.165) is 22.4 Å². The maximum Gasteiger partial charge on any atom is 0.337 e. The topological polar surface area (TPSA) is 45.1 Å². The number of carbonyl (C=O) groups is 1. The van der Waals surface area contributed by atoms with Gasteiger partial charge in [0, 0.05) is 16.3 Å². The lowest BCUT2D eigenvalue weighted by molar-refractivity contribution is 0.0600. The zero-order valence-electron chi connectivity index (χ0n) is 20.3. The third kappa shape index (κ3) is 4.95. The van der Waals surface area contributed by atoms with Crippen molar-refractivity contribution in [2.45, 2.75) is 13.1 Å². The normalized spacial score (nSPS) is 15.0. The number of rotatable bonds is 5. The van der Waals surface area contributed by atoms with E-state index in [4.69, 9.17) is 44.6 Å². The number of hydrazone groups is 1. The summed E-state index contributed by atoms with van der Waals surface area (Å²) in [7, 11) is 1.33. The molecule has 0 bridgehead atoms. The van der Waals surface area contributed by atoms with Crippen LogP contribution >= 0.6 is 34.8 Å². The van der Waals surface area contributed by atoms with Crippen molar-refractivity contribution >= 4 is 58.0 Å². The molecule has 0 N–H and O–H groups in total. The number of hydrogen-bond acceptors (Lipinski definition) is 5. The Morgan fingerprint density at radius 1 is 0.895 bits per heavy atom. The van der Waals surface area contributed by atoms with Gasteiger partial charge in [-0.05, 0) is 78.7 Å². The first-order valence-corrected chi connectivity index (χ1v) is 12.7. The lowest BCUT2D eigenvalue weighted by Gasteiger charge is -2.33. The number of amidine groups is 1. The van der Waals surface area contributed by atoms with Crippen molar-refractivity contribution in [3.63, 3.8) is 0 Å². The first kappa shape index (κ1) is 26.0. The Bertz CT molecular complexity index is 1500. The molecule has 0 fully saturated rings. The van der Waals surface area contributed by atoms with Crippen molar-refractivity contribution in [1.82, 2.24) is 0 Å². The molecule has 0 aromatic heterocycles. The van der Waals surface area contributed by atoms with E-state index < -0.39 is 12.1 Å². The molecule has 4 aromatic carbocycles. The highest BCUT2D eigenvalue weighted by atomic mass is 35.5. The van der Waals surface area contributed by atoms with Crippen molar-refractivity contribution in [2.24, 2.45) is 5.10 Å². The maximum absolute atomic E-state index is 14.0. The molecule has 0 radical (unpaired) electrons. The smallest absolute Gasteiger partial charge is 0.337 e. The second-order valence-electron chi connectivity index (χ2n) is 8.69. The van der Waals surface area contributed by atoms with Crippen LogP contribution in [0, 0.1) is 12.7 Å². The molecular formula is C29H21Cl3FN3O2. The molecule has 0 saturated carbocycles. The standard InChI is InChI=1S/C29H21Cl3FN3O2/c1-17-15-24(31)26(25(32)16-17)36-28(19-7-11-22(33)12-8-19)35(23-13-9-21(30)10-14-23)27(34-36)18-3-5-20(6-4-18)29(37)38-2/h3-16,28H,1-2H3. The number of methoxy groups -OCH3 is 1. The second kappa shape index (κ2) is 10.7. The number of ether oxygens (including phenoxy) is 1. The monoisotopic (exact) mass is 567 g/mol. The number of esters is 1. The van der Waals surface area contributed by atoms with Crippen LogP contribution in [0.1, 0.15) is 33.2 Å². The number of nitrogens with zero attached hydrogens (tertiary/aromatic N) is 3. The fourth-order valence-electron chi connectivity index (χ4n) is 4.37. The zero-order chi connectivity index (χ0) is 27.0. The van der Waals surface area contributed by atoms with Crippen LogP contribution in [0.4, 0.5) is 15.8 Å². The van der Waals surface area contributed by atoms with Crippen LogP contribution in [0.3, 0.4) is 0 Å². The lowest BCUT2D eigenvalue weighted by Crippen LogP contribution is -2.36. The molecule has 9 heteroatoms. The Hall–Kier alpha value is -3.58. The van der Waals surface area contributed by atoms with Gasteiger partial charge in [0.15, 0.2) is 12.0 Å². The molecule has 0 aliphatic carbocycles. The molecule has 0 saturated heterocycles. The van der Waals surface area contributed by atoms with E-state index in [9.17, 15) is 9.18 Å². The molecule has 1 atom stereocenters. The highest BCUT2D eigenvalue weighted by molar-refractivity contribution is 6.39. The summed E-state index contributed by atoms with van der Waals surface area (Å²) in [4.78, 5) is 14.0. The van der Waals surface area contributed by atoms with Gasteiger partial charge < -0.3 is 4.74 Å². The van der Waals surface area contributed by atoms with Crippen molar-refractivity contribution < 1.29 is 13.9 Å². The van der Waals surface area contributed by atoms with E-state index in [0.29, 0.717) is 32.2 Å². The fourth-order valence-corrected chi connectivity index (χ4v) is 5.27. The zero-order valence-corrected chi connectivity index (χ0v) is 22.6. The van der Waals surface area contributed by atoms with Gasteiger partial charge in [-0.15, -0.1) is 0 Å². The number of aryl methyl sites for hydroxylation is 1. The van der Waals surface area contributed by atoms with E-state index in [1.54, 1.807) is 53.5 Å². The minimum Gasteiger partial charge on any atom is -0.465 e. The van der Waals surface area contributed by atoms with Crippen molar-refractivity contribution in [1.29, 1.82) is 0 Å². The van der Waals surface area contributed by atoms with Gasteiger partial charge in [0.05, 0.1) is 28.4 Å². The van der Waals surface area contributed by atoms with Crippen LogP contribution < -0.4 is 9.91 Å². The van der Waals surface area contributed by atoms with Gasteiger partial charge in [-0.3, -0.25) is 4.90 Å². The second-order valence-corrected chi connectivity index (χ2v) is 9.94. The van der Waals surface area contributed by atoms with Crippen LogP contribution in [-0.2, 0) is 4.74 Å². The molecule has 1 aliphatic heterocycles. The Morgan fingerprint density at radius 2 is 1.50 bits per heavy atom. The Kier molecular flexibility index (Phi) is 7.30. The summed E-state index contributed by atoms with van der Waals surface area (Å²) < 4.78 is 18.8. The minimum atomic E-state index is -0.579. The molecule has 1 unspecified atom stereocenters. The summed E-state index contributed by atoms with van der Waals surface area (Å²) in [5.41, 5.74) is 4.07. The van der Waals surface area contributed by atoms with E-state index in [1.807, 2.05) is 36.1 Å². The van der Waals surface area contributed by atoms with Crippen molar-refractivity contribution in [3.05, 3.63) is 128 Å². The largest absolute Gasteiger partial charge is 0.465 e. The van der Waals surface area contributed by atoms with Crippen LogP contribution in [0.5, 0.6) is 0 Å². The van der Waals surface area contributed by atoms with Gasteiger partial charge >= 0.3 is 5.97 Å². The molecule has 5 nitrogen and oxygen atoms in total. The number of benzene rings is 4. The first-order chi connectivity index (χ1) is 18.3. The Balaban J connectivity index is 1.74. The third-order valence-electron chi connectivity index (χ3n) is 6.13. The van der Waals surface area contributed by atoms with Gasteiger partial charge in [0.2, 0.25) is 0 Å². The van der Waals surface area contributed by atoms with E-state index in [2.05, 4.69) is 0 Å². The van der Waals surface area contributed by atoms with E-state index in [-0.39, 0.29) is 5.82 Å². The average Bonchev–Trinajstić information content (AvgIpc) is 3.28. The summed E-state index contributed by atoms with van der Waals surface area (Å²) in [5, 5.41) is 8.15. The van der Waals surface area contributed by atoms with Gasteiger partial charge in [-0.1, -0.05) is 59.1 Å². The molecule has 38 heavy (non-hydrogen) atoms. The molecule has 1 aliphatic rings. The van der Waals surface area contributed by atoms with Gasteiger partial charge in [-0.25, -0.2) is 14.2 Å². The Labute approximate surface area is 234 Å². The predicted molar refractivity (Wildman–Crippen MR) is 151 cm³/mol. The van der Waals surface area contributed by atoms with Crippen LogP contribution in [-0.4, -0.2) is 18.9 Å². The number of hydrogen-bond donors (Lipinski definition) is 0. The lowest BCUT2D eigenvalue weighted by atomic mass is 10.1. The molecule has 5 rings (SSSR count). The predicted octanol–water partition coefficient (Wildman–Crippen LogP) is 8.27. The van der Waals surface area contributed by atoms with Crippen LogP contribution in [0.25, 0.3) is 0 Å². The van der Waals surface area contributed by atoms with Crippen LogP contribution in [0.15, 0.2) is 90.0 Å². The fraction of sp³-hybridized carbons (Fsp3) is 0.103. The SMILES string of the molecule is COC(=O)c1ccc(C2=NN(c3c(Cl)cc(C)cc3Cl)C(c3ccc(F)cc3)N2c2ccc(Cl)cc2)cc1. The van der Waals surface area contributed by atoms with Gasteiger partial charge in [0.1, 0.15) is 5.82 Å². The highest BCUT2D eigenvalue weighted by Crippen LogP contribution is 2.45. The number of halogens is 4. The average molecular weight is 569 g/mol. The first-order valence-electron chi connectivity index (χ1n) is 11.6. The summed E-state index contributed by atoms with van der Waals surface area (Å²) in [6.07, 6.45) is -0.579. The molecular weight excluding hydrogens is 548 g/mol. The molecule has 0 spiro atoms. The quantitative estimate of drug-likeness (QED) is 0.227. The van der Waals surface area contributed by atoms with Gasteiger partial charge in [-0.2, -0.15) is 5.10 Å². The molecule has 1 heterocycles. The molecule has 4 aromatic rings.